The fraction of sp³-hybridized carbons (Fsp3) is 0.562. The molecular formula is C16H25N3O. The van der Waals surface area contributed by atoms with Gasteiger partial charge < -0.3 is 10.2 Å². The Morgan fingerprint density at radius 3 is 2.90 bits per heavy atom. The standard InChI is InChI=1S/C16H25N3O/c1-13-6-4-5-7-15(13)11-18(3)16(20)12-19-9-8-17-10-14(19)2/h4-7,14,17H,8-12H2,1-3H3/t14-/m1/s1. The van der Waals surface area contributed by atoms with E-state index in [0.717, 1.165) is 19.6 Å². The number of likely N-dealkylation sites (N-methyl/N-ethyl adjacent to an activating group) is 1. The van der Waals surface area contributed by atoms with E-state index in [1.165, 1.54) is 11.1 Å². The fourth-order valence-electron chi connectivity index (χ4n) is 2.54. The summed E-state index contributed by atoms with van der Waals surface area (Å²) in [6.45, 7) is 8.35. The molecule has 0 unspecified atom stereocenters. The van der Waals surface area contributed by atoms with Crippen molar-refractivity contribution in [1.82, 2.24) is 15.1 Å². The van der Waals surface area contributed by atoms with Crippen LogP contribution in [0.25, 0.3) is 0 Å². The molecule has 1 N–H and O–H groups in total. The number of carbonyl (C=O) groups excluding carboxylic acids is 1. The molecule has 20 heavy (non-hydrogen) atoms. The van der Waals surface area contributed by atoms with Crippen LogP contribution in [0.1, 0.15) is 18.1 Å². The summed E-state index contributed by atoms with van der Waals surface area (Å²) in [6, 6.07) is 8.67. The van der Waals surface area contributed by atoms with Gasteiger partial charge in [0.1, 0.15) is 0 Å². The molecule has 0 aromatic heterocycles. The molecule has 4 nitrogen and oxygen atoms in total. The van der Waals surface area contributed by atoms with E-state index in [2.05, 4.69) is 36.2 Å². The average molecular weight is 275 g/mol. The zero-order chi connectivity index (χ0) is 14.5. The van der Waals surface area contributed by atoms with Crippen molar-refractivity contribution in [2.45, 2.75) is 26.4 Å². The molecule has 4 heteroatoms. The van der Waals surface area contributed by atoms with E-state index in [0.29, 0.717) is 19.1 Å². The van der Waals surface area contributed by atoms with Gasteiger partial charge >= 0.3 is 0 Å². The van der Waals surface area contributed by atoms with Crippen molar-refractivity contribution in [2.24, 2.45) is 0 Å². The average Bonchev–Trinajstić information content (AvgIpc) is 2.43. The van der Waals surface area contributed by atoms with E-state index in [4.69, 9.17) is 0 Å². The number of benzene rings is 1. The highest BCUT2D eigenvalue weighted by molar-refractivity contribution is 5.78. The normalized spacial score (nSPS) is 19.9. The number of amides is 1. The molecule has 0 aliphatic carbocycles. The van der Waals surface area contributed by atoms with Crippen LogP contribution >= 0.6 is 0 Å². The molecular weight excluding hydrogens is 250 g/mol. The summed E-state index contributed by atoms with van der Waals surface area (Å²) in [5.74, 6) is 0.196. The van der Waals surface area contributed by atoms with Crippen LogP contribution in [0, 0.1) is 6.92 Å². The topological polar surface area (TPSA) is 35.6 Å². The van der Waals surface area contributed by atoms with Gasteiger partial charge in [0.05, 0.1) is 6.54 Å². The van der Waals surface area contributed by atoms with Crippen LogP contribution in [0.5, 0.6) is 0 Å². The van der Waals surface area contributed by atoms with Gasteiger partial charge in [0.2, 0.25) is 5.91 Å². The van der Waals surface area contributed by atoms with Crippen molar-refractivity contribution in [1.29, 1.82) is 0 Å². The second-order valence-electron chi connectivity index (χ2n) is 5.70. The number of aryl methyl sites for hydroxylation is 1. The summed E-state index contributed by atoms with van der Waals surface area (Å²) in [5.41, 5.74) is 2.46. The van der Waals surface area contributed by atoms with Crippen LogP contribution < -0.4 is 5.32 Å². The first-order valence-corrected chi connectivity index (χ1v) is 7.31. The first-order valence-electron chi connectivity index (χ1n) is 7.31. The number of hydrogen-bond donors (Lipinski definition) is 1. The Bertz CT molecular complexity index is 461. The zero-order valence-corrected chi connectivity index (χ0v) is 12.7. The maximum absolute atomic E-state index is 12.3. The largest absolute Gasteiger partial charge is 0.340 e. The smallest absolute Gasteiger partial charge is 0.236 e. The number of piperazine rings is 1. The fourth-order valence-corrected chi connectivity index (χ4v) is 2.54. The van der Waals surface area contributed by atoms with E-state index in [1.54, 1.807) is 0 Å². The van der Waals surface area contributed by atoms with Crippen molar-refractivity contribution < 1.29 is 4.79 Å². The van der Waals surface area contributed by atoms with Gasteiger partial charge in [-0.25, -0.2) is 0 Å². The summed E-state index contributed by atoms with van der Waals surface area (Å²) >= 11 is 0. The molecule has 1 aliphatic rings. The third-order valence-corrected chi connectivity index (χ3v) is 4.07. The molecule has 1 aromatic carbocycles. The predicted octanol–water partition coefficient (Wildman–Crippen LogP) is 1.25. The van der Waals surface area contributed by atoms with Gasteiger partial charge in [-0.3, -0.25) is 9.69 Å². The predicted molar refractivity (Wildman–Crippen MR) is 81.6 cm³/mol. The zero-order valence-electron chi connectivity index (χ0n) is 12.7. The summed E-state index contributed by atoms with van der Waals surface area (Å²) in [7, 11) is 1.89. The number of rotatable bonds is 4. The van der Waals surface area contributed by atoms with E-state index in [9.17, 15) is 4.79 Å². The Kier molecular flexibility index (Phi) is 5.15. The SMILES string of the molecule is Cc1ccccc1CN(C)C(=O)CN1CCNC[C@H]1C. The van der Waals surface area contributed by atoms with Gasteiger partial charge in [-0.2, -0.15) is 0 Å². The van der Waals surface area contributed by atoms with Crippen molar-refractivity contribution in [3.8, 4) is 0 Å². The first kappa shape index (κ1) is 15.0. The second kappa shape index (κ2) is 6.86. The Morgan fingerprint density at radius 1 is 1.45 bits per heavy atom. The van der Waals surface area contributed by atoms with Gasteiger partial charge in [-0.1, -0.05) is 24.3 Å². The summed E-state index contributed by atoms with van der Waals surface area (Å²) in [4.78, 5) is 16.4. The Balaban J connectivity index is 1.90. The Morgan fingerprint density at radius 2 is 2.20 bits per heavy atom. The molecule has 1 fully saturated rings. The highest BCUT2D eigenvalue weighted by Crippen LogP contribution is 2.10. The highest BCUT2D eigenvalue weighted by Gasteiger charge is 2.21. The number of carbonyl (C=O) groups is 1. The lowest BCUT2D eigenvalue weighted by Crippen LogP contribution is -2.52. The molecule has 1 amide bonds. The number of nitrogens with one attached hydrogen (secondary N) is 1. The summed E-state index contributed by atoms with van der Waals surface area (Å²) in [6.07, 6.45) is 0. The van der Waals surface area contributed by atoms with Gasteiger partial charge in [0, 0.05) is 39.3 Å². The Hall–Kier alpha value is -1.39. The molecule has 1 heterocycles. The minimum Gasteiger partial charge on any atom is -0.340 e. The second-order valence-corrected chi connectivity index (χ2v) is 5.70. The maximum atomic E-state index is 12.3. The van der Waals surface area contributed by atoms with Crippen LogP contribution in [-0.2, 0) is 11.3 Å². The van der Waals surface area contributed by atoms with Crippen LogP contribution in [0.2, 0.25) is 0 Å². The van der Waals surface area contributed by atoms with Crippen LogP contribution in [-0.4, -0.2) is 55.0 Å². The summed E-state index contributed by atoms with van der Waals surface area (Å²) in [5, 5.41) is 3.35. The minimum absolute atomic E-state index is 0.196. The molecule has 0 radical (unpaired) electrons. The first-order chi connectivity index (χ1) is 9.58. The molecule has 1 aromatic rings. The van der Waals surface area contributed by atoms with Gasteiger partial charge in [-0.15, -0.1) is 0 Å². The molecule has 0 saturated carbocycles. The van der Waals surface area contributed by atoms with Crippen molar-refractivity contribution in [3.05, 3.63) is 35.4 Å². The lowest BCUT2D eigenvalue weighted by atomic mass is 10.1. The Labute approximate surface area is 121 Å². The monoisotopic (exact) mass is 275 g/mol. The van der Waals surface area contributed by atoms with E-state index >= 15 is 0 Å². The molecule has 1 aliphatic heterocycles. The maximum Gasteiger partial charge on any atom is 0.236 e. The molecule has 0 spiro atoms. The van der Waals surface area contributed by atoms with Crippen LogP contribution in [0.3, 0.4) is 0 Å². The lowest BCUT2D eigenvalue weighted by molar-refractivity contribution is -0.132. The number of hydrogen-bond acceptors (Lipinski definition) is 3. The van der Waals surface area contributed by atoms with Crippen molar-refractivity contribution in [3.63, 3.8) is 0 Å². The van der Waals surface area contributed by atoms with Crippen LogP contribution in [0.15, 0.2) is 24.3 Å². The van der Waals surface area contributed by atoms with Crippen LogP contribution in [0.4, 0.5) is 0 Å². The van der Waals surface area contributed by atoms with E-state index in [-0.39, 0.29) is 5.91 Å². The van der Waals surface area contributed by atoms with Gasteiger partial charge in [0.15, 0.2) is 0 Å². The summed E-state index contributed by atoms with van der Waals surface area (Å²) < 4.78 is 0. The third-order valence-electron chi connectivity index (χ3n) is 4.07. The lowest BCUT2D eigenvalue weighted by Gasteiger charge is -2.34. The third kappa shape index (κ3) is 3.81. The molecule has 1 saturated heterocycles. The molecule has 2 rings (SSSR count). The van der Waals surface area contributed by atoms with Crippen molar-refractivity contribution in [2.75, 3.05) is 33.2 Å². The molecule has 0 bridgehead atoms. The number of nitrogens with zero attached hydrogens (tertiary/aromatic N) is 2. The quantitative estimate of drug-likeness (QED) is 0.898. The van der Waals surface area contributed by atoms with E-state index in [1.807, 2.05) is 24.1 Å². The minimum atomic E-state index is 0.196. The van der Waals surface area contributed by atoms with Gasteiger partial charge in [-0.05, 0) is 25.0 Å². The highest BCUT2D eigenvalue weighted by atomic mass is 16.2. The van der Waals surface area contributed by atoms with Gasteiger partial charge in [0.25, 0.3) is 0 Å². The molecule has 110 valence electrons. The van der Waals surface area contributed by atoms with E-state index < -0.39 is 0 Å². The molecule has 1 atom stereocenters. The van der Waals surface area contributed by atoms with Crippen molar-refractivity contribution >= 4 is 5.91 Å².